The van der Waals surface area contributed by atoms with E-state index in [1.165, 1.54) is 13.0 Å². The minimum atomic E-state index is -4.52. The molecule has 2 fully saturated rings. The van der Waals surface area contributed by atoms with Crippen LogP contribution in [0.4, 0.5) is 18.9 Å². The molecule has 2 unspecified atom stereocenters. The van der Waals surface area contributed by atoms with E-state index in [4.69, 9.17) is 4.74 Å². The van der Waals surface area contributed by atoms with Gasteiger partial charge in [-0.25, -0.2) is 0 Å². The lowest BCUT2D eigenvalue weighted by atomic mass is 10.0. The van der Waals surface area contributed by atoms with Gasteiger partial charge < -0.3 is 20.3 Å². The van der Waals surface area contributed by atoms with Gasteiger partial charge in [0.2, 0.25) is 5.91 Å². The van der Waals surface area contributed by atoms with E-state index in [0.29, 0.717) is 45.0 Å². The molecule has 1 aromatic carbocycles. The van der Waals surface area contributed by atoms with Crippen molar-refractivity contribution in [2.24, 2.45) is 5.92 Å². The SMILES string of the molecule is CC(=O)C1CNC(C(=O)NCc2ccc(N3CCOCC3)cc2C(F)(F)F)C1. The third-order valence-corrected chi connectivity index (χ3v) is 5.25. The van der Waals surface area contributed by atoms with Gasteiger partial charge in [-0.05, 0) is 31.0 Å². The maximum atomic E-state index is 13.6. The summed E-state index contributed by atoms with van der Waals surface area (Å²) < 4.78 is 45.9. The molecule has 6 nitrogen and oxygen atoms in total. The van der Waals surface area contributed by atoms with E-state index < -0.39 is 23.7 Å². The van der Waals surface area contributed by atoms with Crippen LogP contribution in [0.15, 0.2) is 18.2 Å². The molecule has 1 amide bonds. The average molecular weight is 399 g/mol. The lowest BCUT2D eigenvalue weighted by Crippen LogP contribution is -2.40. The first-order valence-electron chi connectivity index (χ1n) is 9.30. The highest BCUT2D eigenvalue weighted by Crippen LogP contribution is 2.35. The van der Waals surface area contributed by atoms with Crippen LogP contribution in [-0.4, -0.2) is 50.6 Å². The van der Waals surface area contributed by atoms with E-state index in [-0.39, 0.29) is 23.8 Å². The molecule has 2 atom stereocenters. The Morgan fingerprint density at radius 3 is 2.61 bits per heavy atom. The fourth-order valence-electron chi connectivity index (χ4n) is 3.55. The second-order valence-corrected chi connectivity index (χ2v) is 7.16. The molecule has 0 radical (unpaired) electrons. The zero-order valence-electron chi connectivity index (χ0n) is 15.6. The second kappa shape index (κ2) is 8.48. The molecule has 2 aliphatic rings. The Morgan fingerprint density at radius 2 is 2.00 bits per heavy atom. The maximum absolute atomic E-state index is 13.6. The molecule has 0 aromatic heterocycles. The van der Waals surface area contributed by atoms with Crippen LogP contribution in [0, 0.1) is 5.92 Å². The fraction of sp³-hybridized carbons (Fsp3) is 0.579. The summed E-state index contributed by atoms with van der Waals surface area (Å²) in [4.78, 5) is 25.5. The van der Waals surface area contributed by atoms with Crippen molar-refractivity contribution in [1.29, 1.82) is 0 Å². The molecule has 9 heteroatoms. The van der Waals surface area contributed by atoms with Gasteiger partial charge in [0.25, 0.3) is 0 Å². The number of alkyl halides is 3. The summed E-state index contributed by atoms with van der Waals surface area (Å²) in [6.45, 7) is 3.70. The maximum Gasteiger partial charge on any atom is 0.416 e. The highest BCUT2D eigenvalue weighted by molar-refractivity contribution is 5.85. The van der Waals surface area contributed by atoms with E-state index in [9.17, 15) is 22.8 Å². The number of carbonyl (C=O) groups excluding carboxylic acids is 2. The van der Waals surface area contributed by atoms with E-state index in [2.05, 4.69) is 10.6 Å². The average Bonchev–Trinajstić information content (AvgIpc) is 3.16. The Kier molecular flexibility index (Phi) is 6.24. The van der Waals surface area contributed by atoms with Crippen molar-refractivity contribution in [2.45, 2.75) is 32.1 Å². The number of halogens is 3. The number of ether oxygens (including phenoxy) is 1. The van der Waals surface area contributed by atoms with Gasteiger partial charge in [0.15, 0.2) is 0 Å². The van der Waals surface area contributed by atoms with Crippen molar-refractivity contribution in [3.63, 3.8) is 0 Å². The quantitative estimate of drug-likeness (QED) is 0.789. The summed E-state index contributed by atoms with van der Waals surface area (Å²) in [5.41, 5.74) is -0.246. The molecule has 2 aliphatic heterocycles. The minimum Gasteiger partial charge on any atom is -0.378 e. The molecule has 0 bridgehead atoms. The Morgan fingerprint density at radius 1 is 1.29 bits per heavy atom. The summed E-state index contributed by atoms with van der Waals surface area (Å²) in [5, 5.41) is 5.51. The van der Waals surface area contributed by atoms with Gasteiger partial charge >= 0.3 is 6.18 Å². The highest BCUT2D eigenvalue weighted by Gasteiger charge is 2.35. The van der Waals surface area contributed by atoms with E-state index in [0.717, 1.165) is 6.07 Å². The molecule has 1 aromatic rings. The van der Waals surface area contributed by atoms with E-state index >= 15 is 0 Å². The number of nitrogens with zero attached hydrogens (tertiary/aromatic N) is 1. The van der Waals surface area contributed by atoms with Crippen LogP contribution in [-0.2, 0) is 27.0 Å². The van der Waals surface area contributed by atoms with E-state index in [1.54, 1.807) is 6.07 Å². The summed E-state index contributed by atoms with van der Waals surface area (Å²) in [5.74, 6) is -0.621. The first-order valence-corrected chi connectivity index (χ1v) is 9.30. The van der Waals surface area contributed by atoms with Crippen LogP contribution in [0.2, 0.25) is 0 Å². The number of amides is 1. The Hall–Kier alpha value is -2.13. The van der Waals surface area contributed by atoms with Crippen molar-refractivity contribution >= 4 is 17.4 Å². The van der Waals surface area contributed by atoms with Gasteiger partial charge in [-0.15, -0.1) is 0 Å². The van der Waals surface area contributed by atoms with E-state index in [1.807, 2.05) is 4.90 Å². The molecule has 0 spiro atoms. The smallest absolute Gasteiger partial charge is 0.378 e. The largest absolute Gasteiger partial charge is 0.416 e. The molecule has 0 saturated carbocycles. The number of rotatable bonds is 5. The number of hydrogen-bond acceptors (Lipinski definition) is 5. The van der Waals surface area contributed by atoms with Crippen LogP contribution >= 0.6 is 0 Å². The van der Waals surface area contributed by atoms with Gasteiger partial charge in [0.1, 0.15) is 5.78 Å². The number of Topliss-reactive ketones (excluding diaryl/α,β-unsaturated/α-hetero) is 1. The first kappa shape index (κ1) is 20.6. The molecular weight excluding hydrogens is 375 g/mol. The molecular formula is C19H24F3N3O3. The molecule has 28 heavy (non-hydrogen) atoms. The molecule has 3 rings (SSSR count). The summed E-state index contributed by atoms with van der Waals surface area (Å²) >= 11 is 0. The van der Waals surface area contributed by atoms with Crippen LogP contribution in [0.1, 0.15) is 24.5 Å². The van der Waals surface area contributed by atoms with Crippen molar-refractivity contribution in [3.05, 3.63) is 29.3 Å². The Balaban J connectivity index is 1.69. The number of carbonyl (C=O) groups is 2. The molecule has 2 N–H and O–H groups in total. The van der Waals surface area contributed by atoms with Gasteiger partial charge in [-0.3, -0.25) is 9.59 Å². The van der Waals surface area contributed by atoms with Crippen LogP contribution < -0.4 is 15.5 Å². The number of nitrogens with one attached hydrogen (secondary N) is 2. The number of ketones is 1. The summed E-state index contributed by atoms with van der Waals surface area (Å²) in [6.07, 6.45) is -4.16. The van der Waals surface area contributed by atoms with Crippen molar-refractivity contribution in [1.82, 2.24) is 10.6 Å². The Bertz CT molecular complexity index is 733. The van der Waals surface area contributed by atoms with Crippen molar-refractivity contribution in [2.75, 3.05) is 37.7 Å². The Labute approximate surface area is 161 Å². The molecule has 0 aliphatic carbocycles. The van der Waals surface area contributed by atoms with Crippen molar-refractivity contribution < 1.29 is 27.5 Å². The van der Waals surface area contributed by atoms with Gasteiger partial charge in [-0.2, -0.15) is 13.2 Å². The lowest BCUT2D eigenvalue weighted by Gasteiger charge is -2.29. The highest BCUT2D eigenvalue weighted by atomic mass is 19.4. The lowest BCUT2D eigenvalue weighted by molar-refractivity contribution is -0.138. The predicted octanol–water partition coefficient (Wildman–Crippen LogP) is 1.73. The minimum absolute atomic E-state index is 0.000796. The predicted molar refractivity (Wildman–Crippen MR) is 96.9 cm³/mol. The topological polar surface area (TPSA) is 70.7 Å². The zero-order chi connectivity index (χ0) is 20.3. The zero-order valence-corrected chi connectivity index (χ0v) is 15.6. The fourth-order valence-corrected chi connectivity index (χ4v) is 3.55. The number of benzene rings is 1. The monoisotopic (exact) mass is 399 g/mol. The second-order valence-electron chi connectivity index (χ2n) is 7.16. The van der Waals surface area contributed by atoms with Gasteiger partial charge in [-0.1, -0.05) is 6.07 Å². The van der Waals surface area contributed by atoms with Crippen molar-refractivity contribution in [3.8, 4) is 0 Å². The summed E-state index contributed by atoms with van der Waals surface area (Å²) in [6, 6.07) is 3.62. The van der Waals surface area contributed by atoms with Crippen LogP contribution in [0.5, 0.6) is 0 Å². The number of anilines is 1. The van der Waals surface area contributed by atoms with Crippen LogP contribution in [0.25, 0.3) is 0 Å². The van der Waals surface area contributed by atoms with Gasteiger partial charge in [0, 0.05) is 37.8 Å². The summed E-state index contributed by atoms with van der Waals surface area (Å²) in [7, 11) is 0. The number of morpholine rings is 1. The molecule has 2 heterocycles. The third kappa shape index (κ3) is 4.82. The normalized spacial score (nSPS) is 22.9. The first-order chi connectivity index (χ1) is 13.3. The third-order valence-electron chi connectivity index (χ3n) is 5.25. The molecule has 154 valence electrons. The van der Waals surface area contributed by atoms with Crippen LogP contribution in [0.3, 0.4) is 0 Å². The molecule has 2 saturated heterocycles. The number of hydrogen-bond donors (Lipinski definition) is 2. The van der Waals surface area contributed by atoms with Gasteiger partial charge in [0.05, 0.1) is 24.8 Å². The standard InChI is InChI=1S/C19H24F3N3O3/c1-12(26)14-8-17(23-11-14)18(27)24-10-13-2-3-15(9-16(13)19(20,21)22)25-4-6-28-7-5-25/h2-3,9,14,17,23H,4-8,10-11H2,1H3,(H,24,27).